The van der Waals surface area contributed by atoms with Crippen molar-refractivity contribution in [1.82, 2.24) is 0 Å². The lowest BCUT2D eigenvalue weighted by Crippen LogP contribution is -2.30. The molecule has 1 unspecified atom stereocenters. The smallest absolute Gasteiger partial charge is 0.279 e. The zero-order valence-electron chi connectivity index (χ0n) is 12.7. The molecular formula is C17H25BrF2O. The first-order chi connectivity index (χ1) is 9.95. The Morgan fingerprint density at radius 3 is 2.38 bits per heavy atom. The fraction of sp³-hybridized carbons (Fsp3) is 0.824. The molecule has 1 saturated carbocycles. The molecule has 1 atom stereocenters. The number of carbonyl (C=O) groups is 1. The monoisotopic (exact) mass is 362 g/mol. The van der Waals surface area contributed by atoms with Gasteiger partial charge >= 0.3 is 5.92 Å². The lowest BCUT2D eigenvalue weighted by molar-refractivity contribution is -0.128. The Morgan fingerprint density at radius 2 is 1.90 bits per heavy atom. The van der Waals surface area contributed by atoms with Crippen LogP contribution in [0.5, 0.6) is 0 Å². The largest absolute Gasteiger partial charge is 0.337 e. The van der Waals surface area contributed by atoms with Crippen LogP contribution in [0, 0.1) is 17.8 Å². The molecule has 1 nitrogen and oxygen atoms in total. The highest BCUT2D eigenvalue weighted by atomic mass is 79.9. The van der Waals surface area contributed by atoms with Gasteiger partial charge in [-0.15, -0.1) is 0 Å². The molecule has 1 fully saturated rings. The molecule has 0 saturated heterocycles. The van der Waals surface area contributed by atoms with E-state index in [4.69, 9.17) is 0 Å². The Morgan fingerprint density at radius 1 is 1.24 bits per heavy atom. The first kappa shape index (κ1) is 17.1. The normalized spacial score (nSPS) is 30.9. The Balaban J connectivity index is 1.87. The first-order valence-corrected chi connectivity index (χ1v) is 9.01. The Hall–Kier alpha value is -0.250. The molecule has 21 heavy (non-hydrogen) atoms. The van der Waals surface area contributed by atoms with Crippen LogP contribution >= 0.6 is 15.9 Å². The molecule has 0 N–H and O–H groups in total. The molecule has 0 aromatic carbocycles. The maximum Gasteiger partial charge on any atom is 0.337 e. The van der Waals surface area contributed by atoms with E-state index in [0.29, 0.717) is 24.7 Å². The van der Waals surface area contributed by atoms with Gasteiger partial charge in [0.05, 0.1) is 0 Å². The molecule has 0 aliphatic heterocycles. The Bertz CT molecular complexity index is 398. The van der Waals surface area contributed by atoms with Crippen LogP contribution in [0.4, 0.5) is 8.78 Å². The second kappa shape index (κ2) is 7.34. The third kappa shape index (κ3) is 4.14. The van der Waals surface area contributed by atoms with Crippen LogP contribution < -0.4 is 0 Å². The van der Waals surface area contributed by atoms with Gasteiger partial charge < -0.3 is 0 Å². The van der Waals surface area contributed by atoms with Gasteiger partial charge in [0.25, 0.3) is 4.69 Å². The van der Waals surface area contributed by atoms with E-state index in [2.05, 4.69) is 22.9 Å². The number of hydrogen-bond acceptors (Lipinski definition) is 1. The fourth-order valence-electron chi connectivity index (χ4n) is 4.05. The first-order valence-electron chi connectivity index (χ1n) is 8.22. The maximum atomic E-state index is 13.7. The van der Waals surface area contributed by atoms with Crippen molar-refractivity contribution in [3.8, 4) is 0 Å². The fourth-order valence-corrected chi connectivity index (χ4v) is 4.31. The molecule has 0 aromatic heterocycles. The van der Waals surface area contributed by atoms with E-state index in [1.807, 2.05) is 0 Å². The van der Waals surface area contributed by atoms with E-state index in [1.165, 1.54) is 38.5 Å². The van der Waals surface area contributed by atoms with Gasteiger partial charge in [-0.05, 0) is 65.8 Å². The van der Waals surface area contributed by atoms with Crippen LogP contribution in [0.3, 0.4) is 0 Å². The predicted molar refractivity (Wildman–Crippen MR) is 84.7 cm³/mol. The van der Waals surface area contributed by atoms with Crippen molar-refractivity contribution in [2.45, 2.75) is 70.6 Å². The molecule has 0 aromatic rings. The van der Waals surface area contributed by atoms with Gasteiger partial charge in [0.1, 0.15) is 0 Å². The molecule has 0 spiro atoms. The molecule has 0 heterocycles. The molecule has 0 bridgehead atoms. The van der Waals surface area contributed by atoms with Gasteiger partial charge in [-0.2, -0.15) is 8.78 Å². The van der Waals surface area contributed by atoms with Crippen molar-refractivity contribution in [2.75, 3.05) is 0 Å². The van der Waals surface area contributed by atoms with Gasteiger partial charge in [0.2, 0.25) is 0 Å². The van der Waals surface area contributed by atoms with Crippen LogP contribution in [0.25, 0.3) is 0 Å². The van der Waals surface area contributed by atoms with E-state index < -0.39 is 10.6 Å². The highest BCUT2D eigenvalue weighted by Gasteiger charge is 2.42. The highest BCUT2D eigenvalue weighted by Crippen LogP contribution is 2.43. The highest BCUT2D eigenvalue weighted by molar-refractivity contribution is 9.18. The van der Waals surface area contributed by atoms with Gasteiger partial charge in [-0.1, -0.05) is 38.7 Å². The molecular weight excluding hydrogens is 338 g/mol. The summed E-state index contributed by atoms with van der Waals surface area (Å²) in [6.45, 7) is 2.24. The van der Waals surface area contributed by atoms with Crippen LogP contribution in [-0.2, 0) is 4.79 Å². The van der Waals surface area contributed by atoms with Gasteiger partial charge in [0.15, 0.2) is 0 Å². The number of alkyl halides is 2. The van der Waals surface area contributed by atoms with Crippen LogP contribution in [0.1, 0.15) is 64.7 Å². The number of carbonyl (C=O) groups excluding carboxylic acids is 1. The lowest BCUT2D eigenvalue weighted by Gasteiger charge is -2.36. The molecule has 2 aliphatic rings. The maximum absolute atomic E-state index is 13.7. The molecule has 2 aliphatic carbocycles. The van der Waals surface area contributed by atoms with Crippen molar-refractivity contribution >= 4 is 20.6 Å². The molecule has 0 radical (unpaired) electrons. The summed E-state index contributed by atoms with van der Waals surface area (Å²) in [6.07, 6.45) is 11.2. The van der Waals surface area contributed by atoms with Crippen LogP contribution in [0.15, 0.2) is 11.6 Å². The molecule has 0 amide bonds. The summed E-state index contributed by atoms with van der Waals surface area (Å²) >= 11 is 2.41. The third-order valence-electron chi connectivity index (χ3n) is 5.36. The van der Waals surface area contributed by atoms with E-state index in [9.17, 15) is 13.6 Å². The van der Waals surface area contributed by atoms with Crippen molar-refractivity contribution in [3.63, 3.8) is 0 Å². The zero-order chi connectivity index (χ0) is 15.5. The minimum atomic E-state index is -3.32. The Labute approximate surface area is 134 Å². The molecule has 4 heteroatoms. The Kier molecular flexibility index (Phi) is 5.98. The van der Waals surface area contributed by atoms with Crippen molar-refractivity contribution in [2.24, 2.45) is 17.8 Å². The average molecular weight is 363 g/mol. The standard InChI is InChI=1S/C17H25BrF2O/c1-2-3-12-4-6-13(7-5-12)14-8-10-15(11-9-14)17(19,20)16(18)21/h10,12-14H,2-9,11H2,1H3. The average Bonchev–Trinajstić information content (AvgIpc) is 2.48. The topological polar surface area (TPSA) is 17.1 Å². The number of hydrogen-bond donors (Lipinski definition) is 0. The van der Waals surface area contributed by atoms with Gasteiger partial charge in [-0.3, -0.25) is 4.79 Å². The second-order valence-corrected chi connectivity index (χ2v) is 7.40. The summed E-state index contributed by atoms with van der Waals surface area (Å²) in [4.78, 5) is 11.0. The van der Waals surface area contributed by atoms with Crippen LogP contribution in [0.2, 0.25) is 0 Å². The van der Waals surface area contributed by atoms with E-state index >= 15 is 0 Å². The van der Waals surface area contributed by atoms with E-state index in [0.717, 1.165) is 12.3 Å². The third-order valence-corrected chi connectivity index (χ3v) is 5.85. The number of allylic oxidation sites excluding steroid dienone is 2. The summed E-state index contributed by atoms with van der Waals surface area (Å²) in [7, 11) is 0. The summed E-state index contributed by atoms with van der Waals surface area (Å²) < 4.78 is 26.1. The molecule has 120 valence electrons. The summed E-state index contributed by atoms with van der Waals surface area (Å²) in [5.74, 6) is -1.19. The summed E-state index contributed by atoms with van der Waals surface area (Å²) in [5, 5.41) is 0. The van der Waals surface area contributed by atoms with Crippen LogP contribution in [-0.4, -0.2) is 10.6 Å². The molecule has 2 rings (SSSR count). The number of rotatable bonds is 5. The van der Waals surface area contributed by atoms with E-state index in [1.54, 1.807) is 6.08 Å². The van der Waals surface area contributed by atoms with Crippen molar-refractivity contribution in [1.29, 1.82) is 0 Å². The van der Waals surface area contributed by atoms with Gasteiger partial charge in [0, 0.05) is 5.57 Å². The summed E-state index contributed by atoms with van der Waals surface area (Å²) in [6, 6.07) is 0. The SMILES string of the molecule is CCCC1CCC(C2CC=C(C(F)(F)C(=O)Br)CC2)CC1. The quantitative estimate of drug-likeness (QED) is 0.441. The lowest BCUT2D eigenvalue weighted by atomic mass is 9.70. The minimum absolute atomic E-state index is 0.0142. The van der Waals surface area contributed by atoms with Crippen molar-refractivity contribution in [3.05, 3.63) is 11.6 Å². The van der Waals surface area contributed by atoms with E-state index in [-0.39, 0.29) is 5.57 Å². The predicted octanol–water partition coefficient (Wildman–Crippen LogP) is 5.88. The zero-order valence-corrected chi connectivity index (χ0v) is 14.3. The number of halogens is 3. The summed E-state index contributed by atoms with van der Waals surface area (Å²) in [5.41, 5.74) is 0.0142. The van der Waals surface area contributed by atoms with Crippen molar-refractivity contribution < 1.29 is 13.6 Å². The minimum Gasteiger partial charge on any atom is -0.279 e. The van der Waals surface area contributed by atoms with Gasteiger partial charge in [-0.25, -0.2) is 0 Å². The second-order valence-electron chi connectivity index (χ2n) is 6.68.